The minimum Gasteiger partial charge on any atom is -0.358 e. The van der Waals surface area contributed by atoms with E-state index >= 15 is 0 Å². The van der Waals surface area contributed by atoms with Crippen LogP contribution in [0.5, 0.6) is 0 Å². The van der Waals surface area contributed by atoms with Gasteiger partial charge in [0.15, 0.2) is 0 Å². The number of rotatable bonds is 4. The van der Waals surface area contributed by atoms with Gasteiger partial charge in [-0.3, -0.25) is 4.79 Å². The number of nitrogens with one attached hydrogen (secondary N) is 1. The topological polar surface area (TPSA) is 84.1 Å². The van der Waals surface area contributed by atoms with Crippen LogP contribution in [0, 0.1) is 0 Å². The number of anilines is 1. The van der Waals surface area contributed by atoms with E-state index in [2.05, 4.69) is 15.3 Å². The summed E-state index contributed by atoms with van der Waals surface area (Å²) in [4.78, 5) is 20.9. The SMILES string of the molecule is CNC(=O)CN(C)c1ncc(CN)cn1. The van der Waals surface area contributed by atoms with Gasteiger partial charge in [0.1, 0.15) is 0 Å². The van der Waals surface area contributed by atoms with Gasteiger partial charge in [0.25, 0.3) is 0 Å². The molecule has 0 aliphatic rings. The van der Waals surface area contributed by atoms with Crippen molar-refractivity contribution in [3.05, 3.63) is 18.0 Å². The highest BCUT2D eigenvalue weighted by Gasteiger charge is 2.07. The van der Waals surface area contributed by atoms with Gasteiger partial charge >= 0.3 is 0 Å². The second kappa shape index (κ2) is 5.26. The molecule has 0 aliphatic heterocycles. The number of hydrogen-bond donors (Lipinski definition) is 2. The highest BCUT2D eigenvalue weighted by molar-refractivity contribution is 5.80. The molecule has 0 aliphatic carbocycles. The van der Waals surface area contributed by atoms with Gasteiger partial charge in [-0.25, -0.2) is 9.97 Å². The van der Waals surface area contributed by atoms with Crippen LogP contribution in [0.4, 0.5) is 5.95 Å². The van der Waals surface area contributed by atoms with Gasteiger partial charge < -0.3 is 16.0 Å². The van der Waals surface area contributed by atoms with Crippen molar-refractivity contribution >= 4 is 11.9 Å². The third-order valence-corrected chi connectivity index (χ3v) is 1.93. The number of aromatic nitrogens is 2. The molecule has 6 nitrogen and oxygen atoms in total. The average Bonchev–Trinajstić information content (AvgIpc) is 2.29. The Morgan fingerprint density at radius 2 is 2.13 bits per heavy atom. The lowest BCUT2D eigenvalue weighted by Gasteiger charge is -2.15. The van der Waals surface area contributed by atoms with Crippen LogP contribution in [0.2, 0.25) is 0 Å². The highest BCUT2D eigenvalue weighted by Crippen LogP contribution is 2.03. The fourth-order valence-electron chi connectivity index (χ4n) is 1.02. The molecule has 6 heteroatoms. The van der Waals surface area contributed by atoms with Crippen LogP contribution in [0.25, 0.3) is 0 Å². The molecule has 0 unspecified atom stereocenters. The maximum atomic E-state index is 11.1. The van der Waals surface area contributed by atoms with E-state index in [4.69, 9.17) is 5.73 Å². The van der Waals surface area contributed by atoms with Crippen molar-refractivity contribution < 1.29 is 4.79 Å². The number of carbonyl (C=O) groups excluding carboxylic acids is 1. The lowest BCUT2D eigenvalue weighted by Crippen LogP contribution is -2.33. The molecule has 0 fully saturated rings. The molecule has 0 saturated heterocycles. The van der Waals surface area contributed by atoms with E-state index in [-0.39, 0.29) is 12.5 Å². The Bertz CT molecular complexity index is 324. The Balaban J connectivity index is 2.65. The Morgan fingerprint density at radius 3 is 2.60 bits per heavy atom. The normalized spacial score (nSPS) is 9.80. The molecule has 0 bridgehead atoms. The van der Waals surface area contributed by atoms with Gasteiger partial charge in [-0.05, 0) is 0 Å². The number of nitrogens with zero attached hydrogens (tertiary/aromatic N) is 3. The second-order valence-corrected chi connectivity index (χ2v) is 3.12. The fourth-order valence-corrected chi connectivity index (χ4v) is 1.02. The molecule has 1 amide bonds. The predicted molar refractivity (Wildman–Crippen MR) is 57.3 cm³/mol. The number of hydrogen-bond acceptors (Lipinski definition) is 5. The van der Waals surface area contributed by atoms with Crippen molar-refractivity contribution in [2.75, 3.05) is 25.5 Å². The maximum Gasteiger partial charge on any atom is 0.239 e. The van der Waals surface area contributed by atoms with Crippen LogP contribution < -0.4 is 16.0 Å². The minimum atomic E-state index is -0.0796. The molecule has 1 aromatic heterocycles. The molecule has 0 aromatic carbocycles. The monoisotopic (exact) mass is 209 g/mol. The lowest BCUT2D eigenvalue weighted by atomic mass is 10.3. The summed E-state index contributed by atoms with van der Waals surface area (Å²) in [6, 6.07) is 0. The van der Waals surface area contributed by atoms with Gasteiger partial charge in [0.05, 0.1) is 6.54 Å². The Morgan fingerprint density at radius 1 is 1.53 bits per heavy atom. The molecular weight excluding hydrogens is 194 g/mol. The summed E-state index contributed by atoms with van der Waals surface area (Å²) >= 11 is 0. The zero-order valence-corrected chi connectivity index (χ0v) is 8.90. The summed E-state index contributed by atoms with van der Waals surface area (Å²) < 4.78 is 0. The van der Waals surface area contributed by atoms with E-state index in [0.717, 1.165) is 5.56 Å². The van der Waals surface area contributed by atoms with Crippen LogP contribution in [-0.2, 0) is 11.3 Å². The molecule has 0 atom stereocenters. The molecule has 15 heavy (non-hydrogen) atoms. The second-order valence-electron chi connectivity index (χ2n) is 3.12. The van der Waals surface area contributed by atoms with Gasteiger partial charge in [-0.2, -0.15) is 0 Å². The molecule has 0 saturated carbocycles. The zero-order valence-electron chi connectivity index (χ0n) is 8.90. The lowest BCUT2D eigenvalue weighted by molar-refractivity contribution is -0.119. The molecule has 82 valence electrons. The first-order chi connectivity index (χ1) is 7.17. The summed E-state index contributed by atoms with van der Waals surface area (Å²) in [7, 11) is 3.35. The Hall–Kier alpha value is -1.69. The van der Waals surface area contributed by atoms with E-state index in [9.17, 15) is 4.79 Å². The smallest absolute Gasteiger partial charge is 0.239 e. The quantitative estimate of drug-likeness (QED) is 0.672. The molecule has 3 N–H and O–H groups in total. The number of likely N-dealkylation sites (N-methyl/N-ethyl adjacent to an activating group) is 2. The number of carbonyl (C=O) groups is 1. The van der Waals surface area contributed by atoms with Gasteiger partial charge in [0, 0.05) is 38.6 Å². The average molecular weight is 209 g/mol. The van der Waals surface area contributed by atoms with Crippen molar-refractivity contribution in [3.8, 4) is 0 Å². The van der Waals surface area contributed by atoms with Crippen LogP contribution in [-0.4, -0.2) is 36.5 Å². The van der Waals surface area contributed by atoms with Gasteiger partial charge in [-0.15, -0.1) is 0 Å². The van der Waals surface area contributed by atoms with E-state index < -0.39 is 0 Å². The first-order valence-corrected chi connectivity index (χ1v) is 4.60. The van der Waals surface area contributed by atoms with Gasteiger partial charge in [0.2, 0.25) is 11.9 Å². The van der Waals surface area contributed by atoms with E-state index in [1.807, 2.05) is 0 Å². The van der Waals surface area contributed by atoms with E-state index in [0.29, 0.717) is 12.5 Å². The van der Waals surface area contributed by atoms with E-state index in [1.165, 1.54) is 0 Å². The first kappa shape index (κ1) is 11.4. The molecular formula is C9H15N5O. The highest BCUT2D eigenvalue weighted by atomic mass is 16.1. The van der Waals surface area contributed by atoms with E-state index in [1.54, 1.807) is 31.4 Å². The first-order valence-electron chi connectivity index (χ1n) is 4.60. The summed E-state index contributed by atoms with van der Waals surface area (Å²) in [6.45, 7) is 0.651. The molecule has 1 rings (SSSR count). The Labute approximate surface area is 88.5 Å². The number of nitrogens with two attached hydrogens (primary N) is 1. The van der Waals surface area contributed by atoms with Crippen LogP contribution in [0.1, 0.15) is 5.56 Å². The molecule has 1 heterocycles. The van der Waals surface area contributed by atoms with Crippen molar-refractivity contribution in [1.29, 1.82) is 0 Å². The van der Waals surface area contributed by atoms with Crippen molar-refractivity contribution in [2.24, 2.45) is 5.73 Å². The fraction of sp³-hybridized carbons (Fsp3) is 0.444. The molecule has 1 aromatic rings. The summed E-state index contributed by atoms with van der Waals surface area (Å²) in [5, 5.41) is 2.53. The summed E-state index contributed by atoms with van der Waals surface area (Å²) in [6.07, 6.45) is 3.31. The molecule has 0 spiro atoms. The third-order valence-electron chi connectivity index (χ3n) is 1.93. The van der Waals surface area contributed by atoms with Crippen LogP contribution in [0.3, 0.4) is 0 Å². The number of amides is 1. The van der Waals surface area contributed by atoms with Crippen molar-refractivity contribution in [2.45, 2.75) is 6.54 Å². The van der Waals surface area contributed by atoms with Gasteiger partial charge in [-0.1, -0.05) is 0 Å². The van der Waals surface area contributed by atoms with Crippen molar-refractivity contribution in [3.63, 3.8) is 0 Å². The van der Waals surface area contributed by atoms with Crippen LogP contribution in [0.15, 0.2) is 12.4 Å². The largest absolute Gasteiger partial charge is 0.358 e. The molecule has 0 radical (unpaired) electrons. The summed E-state index contributed by atoms with van der Waals surface area (Å²) in [5.41, 5.74) is 6.29. The minimum absolute atomic E-state index is 0.0796. The maximum absolute atomic E-state index is 11.1. The predicted octanol–water partition coefficient (Wildman–Crippen LogP) is -0.882. The zero-order chi connectivity index (χ0) is 11.3. The summed E-state index contributed by atoms with van der Waals surface area (Å²) in [5.74, 6) is 0.430. The van der Waals surface area contributed by atoms with Crippen LogP contribution >= 0.6 is 0 Å². The third kappa shape index (κ3) is 3.17. The van der Waals surface area contributed by atoms with Crippen molar-refractivity contribution in [1.82, 2.24) is 15.3 Å². The Kier molecular flexibility index (Phi) is 3.99. The standard InChI is InChI=1S/C9H15N5O/c1-11-8(15)6-14(2)9-12-4-7(3-10)5-13-9/h4-5H,3,6,10H2,1-2H3,(H,11,15).